The van der Waals surface area contributed by atoms with Gasteiger partial charge in [-0.1, -0.05) is 61.4 Å². The van der Waals surface area contributed by atoms with Crippen molar-refractivity contribution in [2.45, 2.75) is 36.5 Å². The molecule has 1 fully saturated rings. The van der Waals surface area contributed by atoms with Crippen LogP contribution in [0.4, 0.5) is 0 Å². The molecule has 36 heavy (non-hydrogen) atoms. The van der Waals surface area contributed by atoms with Crippen molar-refractivity contribution in [2.75, 3.05) is 5.75 Å². The van der Waals surface area contributed by atoms with Crippen LogP contribution >= 0.6 is 0 Å². The number of carbonyl (C=O) groups is 1. The summed E-state index contributed by atoms with van der Waals surface area (Å²) in [7, 11) is -5.68. The van der Waals surface area contributed by atoms with Gasteiger partial charge in [-0.3, -0.25) is 4.79 Å². The predicted octanol–water partition coefficient (Wildman–Crippen LogP) is 2.20. The fourth-order valence-corrected chi connectivity index (χ4v) is 5.29. The van der Waals surface area contributed by atoms with E-state index in [4.69, 9.17) is 4.74 Å². The zero-order chi connectivity index (χ0) is 25.5. The van der Waals surface area contributed by atoms with Crippen LogP contribution in [0.15, 0.2) is 78.0 Å². The highest BCUT2D eigenvalue weighted by Crippen LogP contribution is 2.33. The Morgan fingerprint density at radius 3 is 2.22 bits per heavy atom. The number of carbonyl (C=O) groups excluding carboxylic acids is 1. The van der Waals surface area contributed by atoms with E-state index in [1.165, 1.54) is 0 Å². The lowest BCUT2D eigenvalue weighted by Gasteiger charge is -2.22. The van der Waals surface area contributed by atoms with Crippen molar-refractivity contribution in [3.63, 3.8) is 0 Å². The maximum absolute atomic E-state index is 13.2. The second kappa shape index (κ2) is 11.6. The van der Waals surface area contributed by atoms with Gasteiger partial charge in [-0.2, -0.15) is 0 Å². The van der Waals surface area contributed by atoms with Gasteiger partial charge in [0.15, 0.2) is 9.84 Å². The number of nitrogens with zero attached hydrogens (tertiary/aromatic N) is 2. The molecular weight excluding hydrogens is 481 g/mol. The number of hydrogen-bond acceptors (Lipinski definition) is 8. The minimum atomic E-state index is -3.95. The Balaban J connectivity index is 1.50. The molecule has 11 heteroatoms. The summed E-state index contributed by atoms with van der Waals surface area (Å²) in [4.78, 5) is 21.1. The molecule has 3 N–H and O–H groups in total. The third-order valence-electron chi connectivity index (χ3n) is 6.00. The summed E-state index contributed by atoms with van der Waals surface area (Å²) in [6.07, 6.45) is 4.87. The Morgan fingerprint density at radius 2 is 1.64 bits per heavy atom. The Morgan fingerprint density at radius 1 is 1.03 bits per heavy atom. The highest BCUT2D eigenvalue weighted by molar-refractivity contribution is 7.91. The number of ether oxygens (including phenoxy) is 1. The predicted molar refractivity (Wildman–Crippen MR) is 134 cm³/mol. The highest BCUT2D eigenvalue weighted by Gasteiger charge is 2.35. The first-order valence-electron chi connectivity index (χ1n) is 11.8. The number of sulfone groups is 1. The SMILES string of the molecule is O=C(N[C@@H](CC1CC1)B(O)O)[C@H](Cc1ccccc1)CS(=O)(=O)c1cnc(Oc2ccccc2)nc1. The summed E-state index contributed by atoms with van der Waals surface area (Å²) in [6, 6.07) is 17.9. The van der Waals surface area contributed by atoms with Gasteiger partial charge >= 0.3 is 13.1 Å². The molecule has 0 bridgehead atoms. The molecule has 1 aliphatic rings. The van der Waals surface area contributed by atoms with Crippen molar-refractivity contribution >= 4 is 22.9 Å². The summed E-state index contributed by atoms with van der Waals surface area (Å²) in [5, 5.41) is 22.2. The van der Waals surface area contributed by atoms with Gasteiger partial charge in [0.05, 0.1) is 30.0 Å². The van der Waals surface area contributed by atoms with E-state index >= 15 is 0 Å². The van der Waals surface area contributed by atoms with E-state index in [0.29, 0.717) is 18.1 Å². The number of benzene rings is 2. The first-order chi connectivity index (χ1) is 17.3. The molecule has 1 aromatic heterocycles. The molecule has 9 nitrogen and oxygen atoms in total. The monoisotopic (exact) mass is 509 g/mol. The van der Waals surface area contributed by atoms with Crippen molar-refractivity contribution in [2.24, 2.45) is 11.8 Å². The summed E-state index contributed by atoms with van der Waals surface area (Å²) in [5.74, 6) is -2.01. The molecule has 1 amide bonds. The van der Waals surface area contributed by atoms with Crippen LogP contribution in [0.25, 0.3) is 0 Å². The Labute approximate surface area is 210 Å². The molecule has 0 spiro atoms. The second-order valence-corrected chi connectivity index (χ2v) is 11.0. The number of hydrogen-bond donors (Lipinski definition) is 3. The molecule has 2 aromatic carbocycles. The summed E-state index contributed by atoms with van der Waals surface area (Å²) >= 11 is 0. The number of nitrogens with one attached hydrogen (secondary N) is 1. The van der Waals surface area contributed by atoms with E-state index < -0.39 is 40.5 Å². The van der Waals surface area contributed by atoms with Crippen molar-refractivity contribution in [1.29, 1.82) is 0 Å². The summed E-state index contributed by atoms with van der Waals surface area (Å²) in [5.41, 5.74) is 0.791. The molecule has 188 valence electrons. The van der Waals surface area contributed by atoms with E-state index in [2.05, 4.69) is 15.3 Å². The molecule has 1 heterocycles. The average molecular weight is 509 g/mol. The van der Waals surface area contributed by atoms with E-state index in [9.17, 15) is 23.3 Å². The van der Waals surface area contributed by atoms with Gasteiger partial charge in [0.25, 0.3) is 0 Å². The van der Waals surface area contributed by atoms with Gasteiger partial charge in [-0.25, -0.2) is 18.4 Å². The second-order valence-electron chi connectivity index (χ2n) is 8.99. The molecule has 0 radical (unpaired) electrons. The van der Waals surface area contributed by atoms with Crippen LogP contribution in [-0.4, -0.2) is 53.2 Å². The zero-order valence-corrected chi connectivity index (χ0v) is 20.4. The first-order valence-corrected chi connectivity index (χ1v) is 13.4. The van der Waals surface area contributed by atoms with Gasteiger partial charge in [-0.15, -0.1) is 0 Å². The van der Waals surface area contributed by atoms with Crippen LogP contribution < -0.4 is 10.1 Å². The van der Waals surface area contributed by atoms with Crippen LogP contribution in [-0.2, 0) is 21.1 Å². The van der Waals surface area contributed by atoms with Gasteiger partial charge in [-0.05, 0) is 36.5 Å². The fraction of sp³-hybridized carbons (Fsp3) is 0.320. The van der Waals surface area contributed by atoms with Crippen LogP contribution in [0.5, 0.6) is 11.8 Å². The van der Waals surface area contributed by atoms with E-state index in [-0.39, 0.29) is 17.3 Å². The summed E-state index contributed by atoms with van der Waals surface area (Å²) < 4.78 is 31.9. The quantitative estimate of drug-likeness (QED) is 0.316. The van der Waals surface area contributed by atoms with Gasteiger partial charge < -0.3 is 20.1 Å². The van der Waals surface area contributed by atoms with Gasteiger partial charge in [0.1, 0.15) is 10.6 Å². The normalized spacial score (nSPS) is 15.1. The maximum atomic E-state index is 13.2. The van der Waals surface area contributed by atoms with Crippen molar-refractivity contribution in [3.8, 4) is 11.8 Å². The fourth-order valence-electron chi connectivity index (χ4n) is 3.87. The van der Waals surface area contributed by atoms with E-state index in [1.807, 2.05) is 36.4 Å². The number of para-hydroxylation sites is 1. The largest absolute Gasteiger partial charge is 0.475 e. The lowest BCUT2D eigenvalue weighted by Crippen LogP contribution is -2.50. The molecule has 1 saturated carbocycles. The third kappa shape index (κ3) is 7.36. The molecule has 1 aliphatic carbocycles. The molecule has 0 aliphatic heterocycles. The minimum absolute atomic E-state index is 0.00132. The Hall–Kier alpha value is -3.28. The van der Waals surface area contributed by atoms with Gasteiger partial charge in [0, 0.05) is 0 Å². The van der Waals surface area contributed by atoms with Crippen molar-refractivity contribution < 1.29 is 28.0 Å². The first kappa shape index (κ1) is 25.8. The topological polar surface area (TPSA) is 139 Å². The Bertz CT molecular complexity index is 1240. The van der Waals surface area contributed by atoms with Crippen LogP contribution in [0.2, 0.25) is 0 Å². The standard InChI is InChI=1S/C25H28BN3O6S/c30-24(29-23(26(31)32)14-19-11-12-19)20(13-18-7-3-1-4-8-18)17-36(33,34)22-15-27-25(28-16-22)35-21-9-5-2-6-10-21/h1-10,15-16,19-20,23,31-32H,11-14,17H2,(H,29,30)/t20-,23+/m1/s1. The molecule has 3 aromatic rings. The number of rotatable bonds is 12. The number of aromatic nitrogens is 2. The van der Waals surface area contributed by atoms with Gasteiger partial charge in [0.2, 0.25) is 5.91 Å². The number of amides is 1. The van der Waals surface area contributed by atoms with Crippen LogP contribution in [0.3, 0.4) is 0 Å². The van der Waals surface area contributed by atoms with E-state index in [1.54, 1.807) is 24.3 Å². The van der Waals surface area contributed by atoms with Crippen molar-refractivity contribution in [3.05, 3.63) is 78.6 Å². The molecule has 4 rings (SSSR count). The average Bonchev–Trinajstić information content (AvgIpc) is 3.69. The lowest BCUT2D eigenvalue weighted by molar-refractivity contribution is -0.124. The van der Waals surface area contributed by atoms with Crippen LogP contribution in [0.1, 0.15) is 24.8 Å². The van der Waals surface area contributed by atoms with E-state index in [0.717, 1.165) is 30.8 Å². The Kier molecular flexibility index (Phi) is 8.34. The molecule has 2 atom stereocenters. The molecular formula is C25H28BN3O6S. The zero-order valence-electron chi connectivity index (χ0n) is 19.6. The van der Waals surface area contributed by atoms with Crippen molar-refractivity contribution in [1.82, 2.24) is 15.3 Å². The smallest absolute Gasteiger partial charge is 0.426 e. The highest BCUT2D eigenvalue weighted by atomic mass is 32.2. The lowest BCUT2D eigenvalue weighted by atomic mass is 9.76. The molecule has 0 saturated heterocycles. The molecule has 0 unspecified atom stereocenters. The van der Waals surface area contributed by atoms with Crippen LogP contribution in [0, 0.1) is 11.8 Å². The summed E-state index contributed by atoms with van der Waals surface area (Å²) in [6.45, 7) is 0. The third-order valence-corrected chi connectivity index (χ3v) is 7.77. The minimum Gasteiger partial charge on any atom is -0.426 e. The maximum Gasteiger partial charge on any atom is 0.475 e.